The van der Waals surface area contributed by atoms with Gasteiger partial charge >= 0.3 is 0 Å². The second-order valence-electron chi connectivity index (χ2n) is 8.85. The van der Waals surface area contributed by atoms with E-state index in [1.54, 1.807) is 23.1 Å². The Bertz CT molecular complexity index is 1070. The van der Waals surface area contributed by atoms with Crippen molar-refractivity contribution in [2.45, 2.75) is 51.6 Å². The molecule has 2 aliphatic rings. The van der Waals surface area contributed by atoms with E-state index in [1.807, 2.05) is 32.0 Å². The molecule has 6 heteroatoms. The first-order valence-corrected chi connectivity index (χ1v) is 11.1. The lowest BCUT2D eigenvalue weighted by molar-refractivity contribution is -0.134. The average molecular weight is 436 g/mol. The molecule has 1 spiro atoms. The molecule has 0 unspecified atom stereocenters. The summed E-state index contributed by atoms with van der Waals surface area (Å²) in [6.07, 6.45) is 1.86. The molecular weight excluding hydrogens is 406 g/mol. The van der Waals surface area contributed by atoms with Gasteiger partial charge in [0.1, 0.15) is 17.1 Å². The number of ketones is 2. The fourth-order valence-electron chi connectivity index (χ4n) is 4.77. The summed E-state index contributed by atoms with van der Waals surface area (Å²) in [6.45, 7) is 4.99. The van der Waals surface area contributed by atoms with E-state index in [-0.39, 0.29) is 30.3 Å². The second kappa shape index (κ2) is 8.77. The van der Waals surface area contributed by atoms with Crippen molar-refractivity contribution >= 4 is 17.5 Å². The molecule has 2 aliphatic heterocycles. The van der Waals surface area contributed by atoms with Crippen molar-refractivity contribution in [3.63, 3.8) is 0 Å². The standard InChI is InChI=1S/C26H29NO5/c1-17-14-18(2)25-20(15-17)22(29)16-26(32-25)10-12-27(13-11-26)24(30)9-8-21(28)19-6-4-5-7-23(19)31-3/h4-7,14-15H,8-13,16H2,1-3H3. The highest BCUT2D eigenvalue weighted by molar-refractivity contribution is 6.01. The molecule has 2 aromatic rings. The summed E-state index contributed by atoms with van der Waals surface area (Å²) < 4.78 is 11.6. The molecule has 0 saturated carbocycles. The molecule has 0 aromatic heterocycles. The van der Waals surface area contributed by atoms with E-state index in [4.69, 9.17) is 9.47 Å². The van der Waals surface area contributed by atoms with E-state index in [9.17, 15) is 14.4 Å². The first-order valence-electron chi connectivity index (χ1n) is 11.1. The molecule has 4 rings (SSSR count). The summed E-state index contributed by atoms with van der Waals surface area (Å²) in [5.74, 6) is 1.18. The zero-order chi connectivity index (χ0) is 22.9. The predicted octanol–water partition coefficient (Wildman–Crippen LogP) is 4.30. The smallest absolute Gasteiger partial charge is 0.223 e. The quantitative estimate of drug-likeness (QED) is 0.655. The Kier molecular flexibility index (Phi) is 6.04. The summed E-state index contributed by atoms with van der Waals surface area (Å²) in [5.41, 5.74) is 2.65. The van der Waals surface area contributed by atoms with Crippen LogP contribution in [0.25, 0.3) is 0 Å². The lowest BCUT2D eigenvalue weighted by atomic mass is 9.81. The number of carbonyl (C=O) groups excluding carboxylic acids is 3. The molecule has 2 heterocycles. The Balaban J connectivity index is 1.36. The second-order valence-corrected chi connectivity index (χ2v) is 8.85. The first kappa shape index (κ1) is 22.1. The number of benzene rings is 2. The Morgan fingerprint density at radius 1 is 1.09 bits per heavy atom. The molecule has 6 nitrogen and oxygen atoms in total. The van der Waals surface area contributed by atoms with Gasteiger partial charge in [0, 0.05) is 38.8 Å². The minimum Gasteiger partial charge on any atom is -0.496 e. The number of carbonyl (C=O) groups is 3. The Labute approximate surface area is 188 Å². The van der Waals surface area contributed by atoms with Crippen LogP contribution < -0.4 is 9.47 Å². The number of hydrogen-bond donors (Lipinski definition) is 0. The lowest BCUT2D eigenvalue weighted by Crippen LogP contribution is -2.52. The average Bonchev–Trinajstić information content (AvgIpc) is 2.78. The fraction of sp³-hybridized carbons (Fsp3) is 0.423. The number of aryl methyl sites for hydroxylation is 2. The van der Waals surface area contributed by atoms with Gasteiger partial charge in [-0.2, -0.15) is 0 Å². The normalized spacial score (nSPS) is 17.0. The van der Waals surface area contributed by atoms with Crippen LogP contribution in [0.4, 0.5) is 0 Å². The van der Waals surface area contributed by atoms with Crippen molar-refractivity contribution in [3.05, 3.63) is 58.7 Å². The van der Waals surface area contributed by atoms with Crippen LogP contribution >= 0.6 is 0 Å². The third-order valence-electron chi connectivity index (χ3n) is 6.52. The third-order valence-corrected chi connectivity index (χ3v) is 6.52. The van der Waals surface area contributed by atoms with Crippen LogP contribution in [0.1, 0.15) is 63.9 Å². The number of amides is 1. The molecule has 0 aliphatic carbocycles. The minimum atomic E-state index is -0.548. The van der Waals surface area contributed by atoms with Gasteiger partial charge in [0.15, 0.2) is 11.6 Å². The Hall–Kier alpha value is -3.15. The van der Waals surface area contributed by atoms with E-state index in [2.05, 4.69) is 0 Å². The number of methoxy groups -OCH3 is 1. The minimum absolute atomic E-state index is 0.0440. The van der Waals surface area contributed by atoms with Crippen molar-refractivity contribution in [1.82, 2.24) is 4.90 Å². The van der Waals surface area contributed by atoms with Gasteiger partial charge in [-0.05, 0) is 43.2 Å². The highest BCUT2D eigenvalue weighted by Crippen LogP contribution is 2.41. The SMILES string of the molecule is COc1ccccc1C(=O)CCC(=O)N1CCC2(CC1)CC(=O)c1cc(C)cc(C)c1O2. The number of ether oxygens (including phenoxy) is 2. The van der Waals surface area contributed by atoms with E-state index < -0.39 is 5.60 Å². The molecule has 1 amide bonds. The largest absolute Gasteiger partial charge is 0.496 e. The maximum Gasteiger partial charge on any atom is 0.223 e. The van der Waals surface area contributed by atoms with Crippen LogP contribution in [-0.2, 0) is 4.79 Å². The summed E-state index contributed by atoms with van der Waals surface area (Å²) in [7, 11) is 1.53. The molecule has 1 fully saturated rings. The van der Waals surface area contributed by atoms with E-state index in [1.165, 1.54) is 7.11 Å². The fourth-order valence-corrected chi connectivity index (χ4v) is 4.77. The summed E-state index contributed by atoms with van der Waals surface area (Å²) in [6, 6.07) is 11.0. The molecule has 0 bridgehead atoms. The van der Waals surface area contributed by atoms with E-state index >= 15 is 0 Å². The summed E-state index contributed by atoms with van der Waals surface area (Å²) >= 11 is 0. The zero-order valence-electron chi connectivity index (χ0n) is 18.9. The molecule has 0 radical (unpaired) electrons. The van der Waals surface area contributed by atoms with Crippen LogP contribution in [0.2, 0.25) is 0 Å². The van der Waals surface area contributed by atoms with Crippen LogP contribution in [0.15, 0.2) is 36.4 Å². The van der Waals surface area contributed by atoms with Crippen LogP contribution in [-0.4, -0.2) is 48.2 Å². The van der Waals surface area contributed by atoms with Crippen LogP contribution in [0.5, 0.6) is 11.5 Å². The van der Waals surface area contributed by atoms with Gasteiger partial charge in [0.2, 0.25) is 5.91 Å². The molecular formula is C26H29NO5. The van der Waals surface area contributed by atoms with Crippen molar-refractivity contribution in [2.75, 3.05) is 20.2 Å². The van der Waals surface area contributed by atoms with Crippen LogP contribution in [0.3, 0.4) is 0 Å². The van der Waals surface area contributed by atoms with E-state index in [0.29, 0.717) is 55.0 Å². The van der Waals surface area contributed by atoms with Gasteiger partial charge < -0.3 is 14.4 Å². The van der Waals surface area contributed by atoms with Crippen molar-refractivity contribution in [2.24, 2.45) is 0 Å². The maximum atomic E-state index is 12.8. The van der Waals surface area contributed by atoms with Gasteiger partial charge in [-0.25, -0.2) is 0 Å². The Morgan fingerprint density at radius 3 is 2.53 bits per heavy atom. The number of piperidine rings is 1. The summed E-state index contributed by atoms with van der Waals surface area (Å²) in [5, 5.41) is 0. The first-order chi connectivity index (χ1) is 15.3. The number of nitrogens with zero attached hydrogens (tertiary/aromatic N) is 1. The van der Waals surface area contributed by atoms with Gasteiger partial charge in [0.25, 0.3) is 0 Å². The highest BCUT2D eigenvalue weighted by Gasteiger charge is 2.44. The molecule has 1 saturated heterocycles. The summed E-state index contributed by atoms with van der Waals surface area (Å²) in [4.78, 5) is 39.9. The number of Topliss-reactive ketones (excluding diaryl/α,β-unsaturated/α-hetero) is 2. The van der Waals surface area contributed by atoms with Gasteiger partial charge in [-0.3, -0.25) is 14.4 Å². The topological polar surface area (TPSA) is 72.9 Å². The molecule has 0 N–H and O–H groups in total. The van der Waals surface area contributed by atoms with Crippen molar-refractivity contribution in [3.8, 4) is 11.5 Å². The molecule has 0 atom stereocenters. The number of rotatable bonds is 5. The predicted molar refractivity (Wildman–Crippen MR) is 121 cm³/mol. The number of likely N-dealkylation sites (tertiary alicyclic amines) is 1. The van der Waals surface area contributed by atoms with Crippen molar-refractivity contribution in [1.29, 1.82) is 0 Å². The number of fused-ring (bicyclic) bond motifs is 1. The number of para-hydroxylation sites is 1. The molecule has 168 valence electrons. The Morgan fingerprint density at radius 2 is 1.81 bits per heavy atom. The van der Waals surface area contributed by atoms with Gasteiger partial charge in [0.05, 0.1) is 24.7 Å². The molecule has 32 heavy (non-hydrogen) atoms. The zero-order valence-corrected chi connectivity index (χ0v) is 18.9. The van der Waals surface area contributed by atoms with Crippen LogP contribution in [0, 0.1) is 13.8 Å². The lowest BCUT2D eigenvalue weighted by Gasteiger charge is -2.44. The van der Waals surface area contributed by atoms with Crippen molar-refractivity contribution < 1.29 is 23.9 Å². The highest BCUT2D eigenvalue weighted by atomic mass is 16.5. The number of hydrogen-bond acceptors (Lipinski definition) is 5. The van der Waals surface area contributed by atoms with E-state index in [0.717, 1.165) is 11.1 Å². The van der Waals surface area contributed by atoms with Gasteiger partial charge in [-0.15, -0.1) is 0 Å². The molecule has 2 aromatic carbocycles. The maximum absolute atomic E-state index is 12.8. The third kappa shape index (κ3) is 4.27. The monoisotopic (exact) mass is 435 g/mol. The van der Waals surface area contributed by atoms with Gasteiger partial charge in [-0.1, -0.05) is 18.2 Å².